The van der Waals surface area contributed by atoms with Crippen molar-refractivity contribution in [3.8, 4) is 0 Å². The fourth-order valence-electron chi connectivity index (χ4n) is 3.29. The topological polar surface area (TPSA) is 48.7 Å². The molecule has 1 fully saturated rings. The first-order valence-corrected chi connectivity index (χ1v) is 9.48. The Morgan fingerprint density at radius 2 is 1.96 bits per heavy atom. The van der Waals surface area contributed by atoms with E-state index in [1.54, 1.807) is 0 Å². The van der Waals surface area contributed by atoms with Gasteiger partial charge in [-0.2, -0.15) is 5.10 Å². The van der Waals surface area contributed by atoms with E-state index in [4.69, 9.17) is 11.6 Å². The van der Waals surface area contributed by atoms with E-state index in [1.165, 1.54) is 5.56 Å². The lowest BCUT2D eigenvalue weighted by atomic mass is 10.2. The third kappa shape index (κ3) is 6.00. The molecular formula is C19H28ClIN6. The Bertz CT molecular complexity index is 739. The lowest BCUT2D eigenvalue weighted by molar-refractivity contribution is 0.372. The molecule has 0 radical (unpaired) electrons. The number of hydrogen-bond acceptors (Lipinski definition) is 3. The Labute approximate surface area is 183 Å². The van der Waals surface area contributed by atoms with Crippen molar-refractivity contribution < 1.29 is 0 Å². The molecule has 27 heavy (non-hydrogen) atoms. The van der Waals surface area contributed by atoms with Crippen LogP contribution in [0.1, 0.15) is 12.0 Å². The first kappa shape index (κ1) is 21.8. The second-order valence-corrected chi connectivity index (χ2v) is 6.93. The van der Waals surface area contributed by atoms with Crippen LogP contribution in [0.15, 0.2) is 41.7 Å². The molecule has 8 heteroatoms. The summed E-state index contributed by atoms with van der Waals surface area (Å²) in [5.74, 6) is 0.981. The average molecular weight is 503 g/mol. The predicted molar refractivity (Wildman–Crippen MR) is 124 cm³/mol. The summed E-state index contributed by atoms with van der Waals surface area (Å²) in [4.78, 5) is 9.10. The van der Waals surface area contributed by atoms with Crippen LogP contribution in [-0.2, 0) is 13.5 Å². The standard InChI is InChI=1S/C19H27ClN6.HI/c1-21-19(22-9-5-6-16-14-23-24(2)15-16)26-12-10-25(11-13-26)18-8-4-3-7-17(18)20;/h3-4,7-8,14-15H,5-6,9-13H2,1-2H3,(H,21,22);1H. The molecule has 2 heterocycles. The molecule has 148 valence electrons. The van der Waals surface area contributed by atoms with E-state index in [2.05, 4.69) is 37.5 Å². The van der Waals surface area contributed by atoms with Gasteiger partial charge in [0.25, 0.3) is 0 Å². The van der Waals surface area contributed by atoms with Gasteiger partial charge in [-0.15, -0.1) is 24.0 Å². The minimum Gasteiger partial charge on any atom is -0.367 e. The molecule has 6 nitrogen and oxygen atoms in total. The number of nitrogens with one attached hydrogen (secondary N) is 1. The van der Waals surface area contributed by atoms with Crippen LogP contribution in [0.3, 0.4) is 0 Å². The molecule has 3 rings (SSSR count). The second-order valence-electron chi connectivity index (χ2n) is 6.53. The molecule has 1 N–H and O–H groups in total. The zero-order chi connectivity index (χ0) is 18.4. The van der Waals surface area contributed by atoms with Gasteiger partial charge in [0.1, 0.15) is 0 Å². The van der Waals surface area contributed by atoms with E-state index in [9.17, 15) is 0 Å². The van der Waals surface area contributed by atoms with Gasteiger partial charge >= 0.3 is 0 Å². The van der Waals surface area contributed by atoms with Crippen molar-refractivity contribution in [2.75, 3.05) is 44.7 Å². The number of anilines is 1. The minimum absolute atomic E-state index is 0. The van der Waals surface area contributed by atoms with Crippen LogP contribution in [0.2, 0.25) is 5.02 Å². The maximum absolute atomic E-state index is 6.32. The number of aliphatic imine (C=N–C) groups is 1. The number of aryl methyl sites for hydroxylation is 2. The molecular weight excluding hydrogens is 475 g/mol. The number of piperazine rings is 1. The monoisotopic (exact) mass is 502 g/mol. The Hall–Kier alpha value is -1.48. The SMILES string of the molecule is CN=C(NCCCc1cnn(C)c1)N1CCN(c2ccccc2Cl)CC1.I. The van der Waals surface area contributed by atoms with Crippen LogP contribution in [-0.4, -0.2) is 60.4 Å². The lowest BCUT2D eigenvalue weighted by Gasteiger charge is -2.38. The minimum atomic E-state index is 0. The van der Waals surface area contributed by atoms with Gasteiger partial charge < -0.3 is 15.1 Å². The van der Waals surface area contributed by atoms with Gasteiger partial charge in [0, 0.05) is 53.0 Å². The van der Waals surface area contributed by atoms with E-state index in [0.29, 0.717) is 0 Å². The second kappa shape index (κ2) is 10.8. The summed E-state index contributed by atoms with van der Waals surface area (Å²) >= 11 is 6.32. The summed E-state index contributed by atoms with van der Waals surface area (Å²) in [7, 11) is 3.80. The van der Waals surface area contributed by atoms with Gasteiger partial charge in [-0.1, -0.05) is 23.7 Å². The van der Waals surface area contributed by atoms with Crippen LogP contribution in [0.5, 0.6) is 0 Å². The Balaban J connectivity index is 0.00000261. The van der Waals surface area contributed by atoms with Crippen LogP contribution in [0.25, 0.3) is 0 Å². The van der Waals surface area contributed by atoms with E-state index in [-0.39, 0.29) is 24.0 Å². The molecule has 0 bridgehead atoms. The highest BCUT2D eigenvalue weighted by Gasteiger charge is 2.20. The summed E-state index contributed by atoms with van der Waals surface area (Å²) in [5.41, 5.74) is 2.39. The fraction of sp³-hybridized carbons (Fsp3) is 0.474. The van der Waals surface area contributed by atoms with Gasteiger partial charge in [0.15, 0.2) is 5.96 Å². The predicted octanol–water partition coefficient (Wildman–Crippen LogP) is 3.02. The number of halogens is 2. The van der Waals surface area contributed by atoms with Crippen molar-refractivity contribution in [3.63, 3.8) is 0 Å². The molecule has 0 spiro atoms. The molecule has 1 saturated heterocycles. The largest absolute Gasteiger partial charge is 0.367 e. The molecule has 1 aromatic carbocycles. The number of aromatic nitrogens is 2. The molecule has 2 aromatic rings. The Kier molecular flexibility index (Phi) is 8.69. The van der Waals surface area contributed by atoms with Crippen LogP contribution in [0, 0.1) is 0 Å². The van der Waals surface area contributed by atoms with Gasteiger partial charge in [-0.05, 0) is 30.5 Å². The van der Waals surface area contributed by atoms with Crippen molar-refractivity contribution in [1.82, 2.24) is 20.0 Å². The lowest BCUT2D eigenvalue weighted by Crippen LogP contribution is -2.52. The van der Waals surface area contributed by atoms with Gasteiger partial charge in [0.2, 0.25) is 0 Å². The van der Waals surface area contributed by atoms with Gasteiger partial charge in [0.05, 0.1) is 16.9 Å². The summed E-state index contributed by atoms with van der Waals surface area (Å²) < 4.78 is 1.85. The van der Waals surface area contributed by atoms with Gasteiger partial charge in [-0.3, -0.25) is 9.67 Å². The third-order valence-electron chi connectivity index (χ3n) is 4.67. The number of para-hydroxylation sites is 1. The zero-order valence-electron chi connectivity index (χ0n) is 15.9. The maximum Gasteiger partial charge on any atom is 0.193 e. The van der Waals surface area contributed by atoms with Crippen molar-refractivity contribution in [2.24, 2.45) is 12.0 Å². The third-order valence-corrected chi connectivity index (χ3v) is 4.99. The number of hydrogen-bond donors (Lipinski definition) is 1. The summed E-state index contributed by atoms with van der Waals surface area (Å²) in [6.07, 6.45) is 6.09. The Morgan fingerprint density at radius 1 is 1.22 bits per heavy atom. The number of benzene rings is 1. The number of rotatable bonds is 5. The van der Waals surface area contributed by atoms with Crippen molar-refractivity contribution in [3.05, 3.63) is 47.2 Å². The summed E-state index contributed by atoms with van der Waals surface area (Å²) in [6.45, 7) is 4.67. The van der Waals surface area contributed by atoms with Crippen LogP contribution in [0.4, 0.5) is 5.69 Å². The summed E-state index contributed by atoms with van der Waals surface area (Å²) in [5, 5.41) is 8.51. The average Bonchev–Trinajstić information content (AvgIpc) is 3.08. The Morgan fingerprint density at radius 3 is 2.59 bits per heavy atom. The van der Waals surface area contributed by atoms with Crippen molar-refractivity contribution in [2.45, 2.75) is 12.8 Å². The molecule has 1 aliphatic rings. The van der Waals surface area contributed by atoms with E-state index >= 15 is 0 Å². The highest BCUT2D eigenvalue weighted by molar-refractivity contribution is 14.0. The molecule has 0 amide bonds. The highest BCUT2D eigenvalue weighted by atomic mass is 127. The number of nitrogens with zero attached hydrogens (tertiary/aromatic N) is 5. The molecule has 0 aliphatic carbocycles. The van der Waals surface area contributed by atoms with Crippen LogP contribution >= 0.6 is 35.6 Å². The normalized spacial score (nSPS) is 14.9. The quantitative estimate of drug-likeness (QED) is 0.296. The van der Waals surface area contributed by atoms with Crippen molar-refractivity contribution >= 4 is 47.2 Å². The van der Waals surface area contributed by atoms with E-state index in [0.717, 1.165) is 62.2 Å². The van der Waals surface area contributed by atoms with Gasteiger partial charge in [-0.25, -0.2) is 0 Å². The summed E-state index contributed by atoms with van der Waals surface area (Å²) in [6, 6.07) is 8.05. The van der Waals surface area contributed by atoms with Crippen molar-refractivity contribution in [1.29, 1.82) is 0 Å². The maximum atomic E-state index is 6.32. The highest BCUT2D eigenvalue weighted by Crippen LogP contribution is 2.25. The molecule has 0 atom stereocenters. The van der Waals surface area contributed by atoms with E-state index in [1.807, 2.05) is 43.2 Å². The molecule has 1 aliphatic heterocycles. The smallest absolute Gasteiger partial charge is 0.193 e. The molecule has 0 saturated carbocycles. The molecule has 0 unspecified atom stereocenters. The molecule has 1 aromatic heterocycles. The van der Waals surface area contributed by atoms with Crippen LogP contribution < -0.4 is 10.2 Å². The first-order chi connectivity index (χ1) is 12.7. The fourth-order valence-corrected chi connectivity index (χ4v) is 3.55. The van der Waals surface area contributed by atoms with E-state index < -0.39 is 0 Å². The first-order valence-electron chi connectivity index (χ1n) is 9.10. The number of guanidine groups is 1. The zero-order valence-corrected chi connectivity index (χ0v) is 19.0.